The lowest BCUT2D eigenvalue weighted by atomic mass is 10.1. The van der Waals surface area contributed by atoms with Crippen LogP contribution in [0.15, 0.2) is 53.7 Å². The van der Waals surface area contributed by atoms with Crippen LogP contribution in [0.1, 0.15) is 21.5 Å². The van der Waals surface area contributed by atoms with Crippen molar-refractivity contribution in [3.63, 3.8) is 0 Å². The Bertz CT molecular complexity index is 621. The van der Waals surface area contributed by atoms with Crippen LogP contribution in [-0.2, 0) is 16.2 Å². The highest BCUT2D eigenvalue weighted by Gasteiger charge is 2.03. The van der Waals surface area contributed by atoms with E-state index in [1.165, 1.54) is 25.5 Å². The van der Waals surface area contributed by atoms with Gasteiger partial charge in [0.15, 0.2) is 0 Å². The molecule has 0 aliphatic rings. The maximum Gasteiger partial charge on any atom is 0.337 e. The van der Waals surface area contributed by atoms with Gasteiger partial charge in [0, 0.05) is 0 Å². The number of oxime groups is 1. The van der Waals surface area contributed by atoms with Gasteiger partial charge in [-0.05, 0) is 35.4 Å². The van der Waals surface area contributed by atoms with Crippen molar-refractivity contribution >= 4 is 12.2 Å². The van der Waals surface area contributed by atoms with E-state index in [0.717, 1.165) is 11.1 Å². The molecule has 0 aliphatic heterocycles. The van der Waals surface area contributed by atoms with Gasteiger partial charge in [0.25, 0.3) is 0 Å². The van der Waals surface area contributed by atoms with Crippen molar-refractivity contribution < 1.29 is 18.8 Å². The Morgan fingerprint density at radius 3 is 2.43 bits per heavy atom. The van der Waals surface area contributed by atoms with Crippen LogP contribution < -0.4 is 0 Å². The first-order chi connectivity index (χ1) is 10.2. The molecule has 0 aromatic heterocycles. The fourth-order valence-electron chi connectivity index (χ4n) is 1.61. The normalized spacial score (nSPS) is 10.6. The minimum absolute atomic E-state index is 0.261. The number of carbonyl (C=O) groups excluding carboxylic acids is 1. The maximum absolute atomic E-state index is 12.7. The summed E-state index contributed by atoms with van der Waals surface area (Å²) in [5.74, 6) is -0.668. The van der Waals surface area contributed by atoms with E-state index in [-0.39, 0.29) is 18.4 Å². The Hall–Kier alpha value is -2.69. The van der Waals surface area contributed by atoms with Crippen LogP contribution >= 0.6 is 0 Å². The standard InChI is InChI=1S/C16H14FNO3/c1-20-16(19)14-6-2-12(3-7-14)10-18-21-11-13-4-8-15(17)9-5-13/h2-10H,11H2,1H3. The Labute approximate surface area is 121 Å². The third-order valence-electron chi connectivity index (χ3n) is 2.75. The van der Waals surface area contributed by atoms with Crippen LogP contribution in [0.4, 0.5) is 4.39 Å². The summed E-state index contributed by atoms with van der Waals surface area (Å²) in [6.07, 6.45) is 1.53. The lowest BCUT2D eigenvalue weighted by Gasteiger charge is -2.00. The Morgan fingerprint density at radius 2 is 1.81 bits per heavy atom. The fraction of sp³-hybridized carbons (Fsp3) is 0.125. The summed E-state index contributed by atoms with van der Waals surface area (Å²) in [5, 5.41) is 3.82. The van der Waals surface area contributed by atoms with Gasteiger partial charge in [0.1, 0.15) is 12.4 Å². The number of carbonyl (C=O) groups is 1. The SMILES string of the molecule is COC(=O)c1ccc(C=NOCc2ccc(F)cc2)cc1. The summed E-state index contributed by atoms with van der Waals surface area (Å²) < 4.78 is 17.3. The van der Waals surface area contributed by atoms with E-state index in [4.69, 9.17) is 4.84 Å². The summed E-state index contributed by atoms with van der Waals surface area (Å²) in [7, 11) is 1.33. The first-order valence-electron chi connectivity index (χ1n) is 6.27. The first-order valence-corrected chi connectivity index (χ1v) is 6.27. The van der Waals surface area contributed by atoms with Gasteiger partial charge < -0.3 is 9.57 Å². The van der Waals surface area contributed by atoms with Crippen LogP contribution in [0.3, 0.4) is 0 Å². The highest BCUT2D eigenvalue weighted by atomic mass is 19.1. The second-order valence-corrected chi connectivity index (χ2v) is 4.25. The average molecular weight is 287 g/mol. The number of ether oxygens (including phenoxy) is 1. The molecule has 2 aromatic rings. The smallest absolute Gasteiger partial charge is 0.337 e. The molecule has 0 N–H and O–H groups in total. The molecule has 0 bridgehead atoms. The zero-order chi connectivity index (χ0) is 15.1. The van der Waals surface area contributed by atoms with E-state index in [0.29, 0.717) is 5.56 Å². The second kappa shape index (κ2) is 7.19. The second-order valence-electron chi connectivity index (χ2n) is 4.25. The summed E-state index contributed by atoms with van der Waals surface area (Å²) in [6.45, 7) is 0.261. The highest BCUT2D eigenvalue weighted by Crippen LogP contribution is 2.06. The molecule has 0 spiro atoms. The molecule has 21 heavy (non-hydrogen) atoms. The predicted octanol–water partition coefficient (Wildman–Crippen LogP) is 3.16. The van der Waals surface area contributed by atoms with Crippen LogP contribution in [0.2, 0.25) is 0 Å². The molecule has 2 rings (SSSR count). The lowest BCUT2D eigenvalue weighted by Crippen LogP contribution is -2.00. The van der Waals surface area contributed by atoms with Crippen molar-refractivity contribution in [1.29, 1.82) is 0 Å². The molecular weight excluding hydrogens is 273 g/mol. The van der Waals surface area contributed by atoms with Crippen molar-refractivity contribution in [2.45, 2.75) is 6.61 Å². The van der Waals surface area contributed by atoms with E-state index in [1.54, 1.807) is 36.4 Å². The highest BCUT2D eigenvalue weighted by molar-refractivity contribution is 5.90. The van der Waals surface area contributed by atoms with Gasteiger partial charge in [-0.25, -0.2) is 9.18 Å². The van der Waals surface area contributed by atoms with E-state index >= 15 is 0 Å². The topological polar surface area (TPSA) is 47.9 Å². The van der Waals surface area contributed by atoms with Crippen LogP contribution in [0.5, 0.6) is 0 Å². The van der Waals surface area contributed by atoms with Gasteiger partial charge >= 0.3 is 5.97 Å². The van der Waals surface area contributed by atoms with Gasteiger partial charge in [-0.2, -0.15) is 0 Å². The first kappa shape index (κ1) is 14.7. The molecule has 0 fully saturated rings. The molecule has 0 aliphatic carbocycles. The number of hydrogen-bond acceptors (Lipinski definition) is 4. The van der Waals surface area contributed by atoms with Crippen LogP contribution in [0, 0.1) is 5.82 Å². The third-order valence-corrected chi connectivity index (χ3v) is 2.75. The molecule has 2 aromatic carbocycles. The van der Waals surface area contributed by atoms with Crippen molar-refractivity contribution in [3.8, 4) is 0 Å². The minimum atomic E-state index is -0.383. The number of methoxy groups -OCH3 is 1. The molecule has 4 nitrogen and oxygen atoms in total. The van der Waals surface area contributed by atoms with Gasteiger partial charge in [0.2, 0.25) is 0 Å². The number of halogens is 1. The molecule has 0 amide bonds. The number of rotatable bonds is 5. The van der Waals surface area contributed by atoms with Crippen molar-refractivity contribution in [1.82, 2.24) is 0 Å². The van der Waals surface area contributed by atoms with Gasteiger partial charge in [0.05, 0.1) is 18.9 Å². The molecule has 0 unspecified atom stereocenters. The molecule has 5 heteroatoms. The third kappa shape index (κ3) is 4.42. The Morgan fingerprint density at radius 1 is 1.14 bits per heavy atom. The molecular formula is C16H14FNO3. The van der Waals surface area contributed by atoms with Crippen molar-refractivity contribution in [3.05, 3.63) is 71.0 Å². The zero-order valence-electron chi connectivity index (χ0n) is 11.5. The fourth-order valence-corrected chi connectivity index (χ4v) is 1.61. The average Bonchev–Trinajstić information content (AvgIpc) is 2.53. The number of esters is 1. The minimum Gasteiger partial charge on any atom is -0.465 e. The monoisotopic (exact) mass is 287 g/mol. The molecule has 0 atom stereocenters. The van der Waals surface area contributed by atoms with Gasteiger partial charge in [-0.15, -0.1) is 0 Å². The number of hydrogen-bond donors (Lipinski definition) is 0. The van der Waals surface area contributed by atoms with Crippen molar-refractivity contribution in [2.75, 3.05) is 7.11 Å². The molecule has 0 saturated carbocycles. The van der Waals surface area contributed by atoms with Gasteiger partial charge in [-0.3, -0.25) is 0 Å². The van der Waals surface area contributed by atoms with E-state index in [1.807, 2.05) is 0 Å². The van der Waals surface area contributed by atoms with E-state index < -0.39 is 0 Å². The maximum atomic E-state index is 12.7. The molecule has 0 saturated heterocycles. The summed E-state index contributed by atoms with van der Waals surface area (Å²) in [4.78, 5) is 16.4. The summed E-state index contributed by atoms with van der Waals surface area (Å²) in [6, 6.07) is 12.8. The van der Waals surface area contributed by atoms with Crippen LogP contribution in [0.25, 0.3) is 0 Å². The molecule has 0 radical (unpaired) electrons. The van der Waals surface area contributed by atoms with E-state index in [2.05, 4.69) is 9.89 Å². The summed E-state index contributed by atoms with van der Waals surface area (Å²) in [5.41, 5.74) is 2.10. The number of nitrogens with zero attached hydrogens (tertiary/aromatic N) is 1. The largest absolute Gasteiger partial charge is 0.465 e. The van der Waals surface area contributed by atoms with E-state index in [9.17, 15) is 9.18 Å². The Kier molecular flexibility index (Phi) is 5.04. The zero-order valence-corrected chi connectivity index (χ0v) is 11.5. The number of benzene rings is 2. The van der Waals surface area contributed by atoms with Crippen LogP contribution in [-0.4, -0.2) is 19.3 Å². The molecule has 108 valence electrons. The Balaban J connectivity index is 1.86. The predicted molar refractivity (Wildman–Crippen MR) is 76.6 cm³/mol. The van der Waals surface area contributed by atoms with Gasteiger partial charge in [-0.1, -0.05) is 29.4 Å². The molecule has 0 heterocycles. The van der Waals surface area contributed by atoms with Crippen molar-refractivity contribution in [2.24, 2.45) is 5.16 Å². The summed E-state index contributed by atoms with van der Waals surface area (Å²) >= 11 is 0. The quantitative estimate of drug-likeness (QED) is 0.482. The lowest BCUT2D eigenvalue weighted by molar-refractivity contribution is 0.0600.